The summed E-state index contributed by atoms with van der Waals surface area (Å²) in [4.78, 5) is 11.5. The molecule has 32 heavy (non-hydrogen) atoms. The van der Waals surface area contributed by atoms with Gasteiger partial charge in [0.2, 0.25) is 11.1 Å². The molecule has 1 saturated heterocycles. The largest absolute Gasteiger partial charge is 0.424 e. The van der Waals surface area contributed by atoms with Crippen molar-refractivity contribution in [1.82, 2.24) is 14.5 Å². The van der Waals surface area contributed by atoms with Crippen LogP contribution >= 0.6 is 11.6 Å². The summed E-state index contributed by atoms with van der Waals surface area (Å²) in [5.41, 5.74) is -3.76. The molecular weight excluding hydrogens is 457 g/mol. The van der Waals surface area contributed by atoms with Crippen LogP contribution in [0.15, 0.2) is 48.0 Å². The van der Waals surface area contributed by atoms with Gasteiger partial charge >= 0.3 is 6.18 Å². The predicted octanol–water partition coefficient (Wildman–Crippen LogP) is 1.55. The third-order valence-electron chi connectivity index (χ3n) is 5.36. The minimum Gasteiger partial charge on any atom is -0.397 e. The third-order valence-corrected chi connectivity index (χ3v) is 5.61. The fourth-order valence-corrected chi connectivity index (χ4v) is 3.93. The van der Waals surface area contributed by atoms with E-state index in [0.717, 1.165) is 12.1 Å². The highest BCUT2D eigenvalue weighted by Gasteiger charge is 2.66. The van der Waals surface area contributed by atoms with Gasteiger partial charge in [0.05, 0.1) is 11.7 Å². The number of H-pyrrole nitrogens is 1. The Morgan fingerprint density at radius 3 is 2.50 bits per heavy atom. The number of aromatic nitrogens is 3. The van der Waals surface area contributed by atoms with E-state index >= 15 is 0 Å². The summed E-state index contributed by atoms with van der Waals surface area (Å²) in [7, 11) is 1.32. The maximum absolute atomic E-state index is 14.1. The summed E-state index contributed by atoms with van der Waals surface area (Å²) in [6, 6.07) is 5.83. The minimum atomic E-state index is -5.25. The van der Waals surface area contributed by atoms with Gasteiger partial charge in [0, 0.05) is 11.2 Å². The number of aromatic amines is 1. The topological polar surface area (TPSA) is 125 Å². The summed E-state index contributed by atoms with van der Waals surface area (Å²) in [6.07, 6.45) is -10.2. The number of nitrogens with zero attached hydrogens (tertiary/aromatic N) is 3. The van der Waals surface area contributed by atoms with Crippen LogP contribution in [0.5, 0.6) is 0 Å². The van der Waals surface area contributed by atoms with Gasteiger partial charge in [-0.1, -0.05) is 28.9 Å². The molecule has 9 nitrogen and oxygen atoms in total. The van der Waals surface area contributed by atoms with E-state index in [1.807, 2.05) is 0 Å². The molecule has 13 heteroatoms. The van der Waals surface area contributed by atoms with Crippen LogP contribution in [-0.4, -0.2) is 61.5 Å². The van der Waals surface area contributed by atoms with Crippen molar-refractivity contribution >= 4 is 22.6 Å². The number of hydrogen-bond acceptors (Lipinski definition) is 7. The fourth-order valence-electron chi connectivity index (χ4n) is 3.80. The van der Waals surface area contributed by atoms with E-state index < -0.39 is 41.9 Å². The fraction of sp³-hybridized carbons (Fsp3) is 0.368. The first-order valence-corrected chi connectivity index (χ1v) is 9.65. The van der Waals surface area contributed by atoms with Gasteiger partial charge in [-0.25, -0.2) is 4.98 Å². The monoisotopic (exact) mass is 474 g/mol. The summed E-state index contributed by atoms with van der Waals surface area (Å²) < 4.78 is 49.0. The van der Waals surface area contributed by atoms with Gasteiger partial charge < -0.3 is 34.4 Å². The molecule has 1 fully saturated rings. The van der Waals surface area contributed by atoms with Gasteiger partial charge in [-0.2, -0.15) is 13.2 Å². The maximum Gasteiger partial charge on any atom is 0.424 e. The van der Waals surface area contributed by atoms with Crippen molar-refractivity contribution in [2.75, 3.05) is 7.11 Å². The zero-order valence-corrected chi connectivity index (χ0v) is 17.1. The minimum absolute atomic E-state index is 0.157. The highest BCUT2D eigenvalue weighted by molar-refractivity contribution is 6.30. The number of nitrogens with one attached hydrogen (secondary N) is 1. The van der Waals surface area contributed by atoms with Gasteiger partial charge in [0.1, 0.15) is 31.1 Å². The second-order valence-corrected chi connectivity index (χ2v) is 7.62. The van der Waals surface area contributed by atoms with E-state index in [2.05, 4.69) is 15.1 Å². The van der Waals surface area contributed by atoms with Crippen LogP contribution in [0.3, 0.4) is 0 Å². The first kappa shape index (κ1) is 22.6. The van der Waals surface area contributed by atoms with E-state index in [4.69, 9.17) is 21.2 Å². The second-order valence-electron chi connectivity index (χ2n) is 7.18. The molecule has 2 aromatic heterocycles. The Morgan fingerprint density at radius 1 is 1.19 bits per heavy atom. The Morgan fingerprint density at radius 2 is 1.88 bits per heavy atom. The Bertz CT molecular complexity index is 1180. The number of aliphatic hydroxyl groups excluding tert-OH is 2. The number of fused-ring (bicyclic) bond motifs is 1. The van der Waals surface area contributed by atoms with Crippen LogP contribution in [0.25, 0.3) is 11.0 Å². The van der Waals surface area contributed by atoms with Crippen molar-refractivity contribution in [3.8, 4) is 0 Å². The zero-order valence-electron chi connectivity index (χ0n) is 16.4. The number of hydrogen-bond donors (Lipinski definition) is 4. The number of aliphatic hydroxyl groups is 3. The first-order chi connectivity index (χ1) is 15.1. The number of ether oxygens (including phenoxy) is 1. The van der Waals surface area contributed by atoms with Crippen molar-refractivity contribution in [3.63, 3.8) is 0 Å². The number of rotatable bonds is 4. The van der Waals surface area contributed by atoms with E-state index in [9.17, 15) is 28.5 Å². The van der Waals surface area contributed by atoms with Crippen LogP contribution < -0.4 is 5.49 Å². The summed E-state index contributed by atoms with van der Waals surface area (Å²) in [5.74, 6) is 0. The van der Waals surface area contributed by atoms with Crippen molar-refractivity contribution in [2.45, 2.75) is 36.3 Å². The lowest BCUT2D eigenvalue weighted by Crippen LogP contribution is -2.56. The molecule has 172 valence electrons. The molecule has 3 aromatic rings. The van der Waals surface area contributed by atoms with Gasteiger partial charge in [-0.15, -0.1) is 0 Å². The Kier molecular flexibility index (Phi) is 5.67. The lowest BCUT2D eigenvalue weighted by atomic mass is 9.84. The molecule has 1 aromatic carbocycles. The molecule has 4 rings (SSSR count). The molecular formula is C19H18ClF3N4O5. The smallest absolute Gasteiger partial charge is 0.397 e. The number of halogens is 4. The predicted molar refractivity (Wildman–Crippen MR) is 104 cm³/mol. The average Bonchev–Trinajstić information content (AvgIpc) is 3.30. The van der Waals surface area contributed by atoms with E-state index in [-0.39, 0.29) is 16.2 Å². The molecule has 4 N–H and O–H groups in total. The maximum atomic E-state index is 14.1. The van der Waals surface area contributed by atoms with Gasteiger partial charge in [-0.3, -0.25) is 0 Å². The van der Waals surface area contributed by atoms with Crippen LogP contribution in [0.2, 0.25) is 5.02 Å². The molecule has 0 saturated carbocycles. The number of benzene rings is 1. The van der Waals surface area contributed by atoms with E-state index in [0.29, 0.717) is 5.39 Å². The van der Waals surface area contributed by atoms with Crippen LogP contribution in [0, 0.1) is 0 Å². The second kappa shape index (κ2) is 8.05. The van der Waals surface area contributed by atoms with E-state index in [1.165, 1.54) is 42.4 Å². The summed E-state index contributed by atoms with van der Waals surface area (Å²) in [5, 5.41) is 36.2. The van der Waals surface area contributed by atoms with Gasteiger partial charge in [0.15, 0.2) is 6.23 Å². The molecule has 1 unspecified atom stereocenters. The third kappa shape index (κ3) is 3.44. The quantitative estimate of drug-likeness (QED) is 0.425. The average molecular weight is 475 g/mol. The normalized spacial score (nSPS) is 26.4. The van der Waals surface area contributed by atoms with E-state index in [1.54, 1.807) is 0 Å². The molecule has 1 aliphatic rings. The van der Waals surface area contributed by atoms with Crippen LogP contribution in [0.1, 0.15) is 11.8 Å². The van der Waals surface area contributed by atoms with Gasteiger partial charge in [0.25, 0.3) is 0 Å². The lowest BCUT2D eigenvalue weighted by Gasteiger charge is -2.37. The molecule has 3 heterocycles. The molecule has 0 aliphatic carbocycles. The molecule has 5 atom stereocenters. The van der Waals surface area contributed by atoms with Crippen LogP contribution in [0.4, 0.5) is 13.2 Å². The summed E-state index contributed by atoms with van der Waals surface area (Å²) >= 11 is 5.76. The standard InChI is InChI=1S/C19H18ClF3N4O5/c1-31-26-15-11-6-7-27(16(11)25-8-24-15)17-13(29)12(28)14(32-17)18(30,19(21,22)23)9-2-4-10(20)5-3-9/h2-8,12-14,17,28-30H,1H3,(H,24,25,26)/t12-,13+,14?,17+,18+/m0/s1. The molecule has 0 spiro atoms. The molecule has 0 amide bonds. The zero-order chi connectivity index (χ0) is 23.3. The van der Waals surface area contributed by atoms with Crippen LogP contribution in [-0.2, 0) is 15.2 Å². The highest BCUT2D eigenvalue weighted by Crippen LogP contribution is 2.48. The summed E-state index contributed by atoms with van der Waals surface area (Å²) in [6.45, 7) is 0. The molecule has 0 bridgehead atoms. The molecule has 1 aliphatic heterocycles. The van der Waals surface area contributed by atoms with Crippen molar-refractivity contribution in [2.24, 2.45) is 5.16 Å². The molecule has 0 radical (unpaired) electrons. The first-order valence-electron chi connectivity index (χ1n) is 9.27. The van der Waals surface area contributed by atoms with Gasteiger partial charge in [-0.05, 0) is 23.8 Å². The Labute approximate surface area is 183 Å². The number of alkyl halides is 3. The Balaban J connectivity index is 1.79. The SMILES string of the molecule is CON=c1nc[nH]c2c1ccn2[C@@H]1OC([C@](O)(c2ccc(Cl)cc2)C(F)(F)F)[C@@H](O)[C@H]1O. The lowest BCUT2D eigenvalue weighted by molar-refractivity contribution is -0.310. The Hall–Kier alpha value is -2.64. The van der Waals surface area contributed by atoms with Crippen molar-refractivity contribution in [3.05, 3.63) is 58.9 Å². The highest BCUT2D eigenvalue weighted by atomic mass is 35.5. The van der Waals surface area contributed by atoms with Crippen molar-refractivity contribution in [1.29, 1.82) is 0 Å². The van der Waals surface area contributed by atoms with Crippen molar-refractivity contribution < 1.29 is 38.1 Å².